The molecule has 3 nitrogen and oxygen atoms in total. The normalized spacial score (nSPS) is 8.82. The van der Waals surface area contributed by atoms with Crippen molar-refractivity contribution >= 4 is 21.6 Å². The van der Waals surface area contributed by atoms with Gasteiger partial charge in [0.05, 0.1) is 11.3 Å². The first-order valence-corrected chi connectivity index (χ1v) is 3.73. The first-order valence-electron chi connectivity index (χ1n) is 2.94. The highest BCUT2D eigenvalue weighted by Gasteiger charge is 1.98. The number of anilines is 1. The average molecular weight is 212 g/mol. The van der Waals surface area contributed by atoms with Gasteiger partial charge in [-0.1, -0.05) is 15.9 Å². The van der Waals surface area contributed by atoms with Crippen molar-refractivity contribution in [2.75, 3.05) is 5.43 Å². The van der Waals surface area contributed by atoms with E-state index in [1.54, 1.807) is 18.2 Å². The molecule has 3 N–H and O–H groups in total. The zero-order valence-electron chi connectivity index (χ0n) is 5.63. The third kappa shape index (κ3) is 1.70. The summed E-state index contributed by atoms with van der Waals surface area (Å²) >= 11 is 3.26. The van der Waals surface area contributed by atoms with Gasteiger partial charge in [0.1, 0.15) is 6.07 Å². The van der Waals surface area contributed by atoms with E-state index in [1.807, 2.05) is 6.07 Å². The number of nitriles is 1. The smallest absolute Gasteiger partial charge is 0.101 e. The van der Waals surface area contributed by atoms with E-state index in [1.165, 1.54) is 0 Å². The summed E-state index contributed by atoms with van der Waals surface area (Å²) in [5.41, 5.74) is 3.60. The molecule has 0 aliphatic rings. The average Bonchev–Trinajstić information content (AvgIpc) is 2.04. The third-order valence-electron chi connectivity index (χ3n) is 1.26. The number of nitrogens with one attached hydrogen (secondary N) is 1. The molecule has 0 unspecified atom stereocenters. The van der Waals surface area contributed by atoms with Crippen molar-refractivity contribution in [3.05, 3.63) is 28.2 Å². The highest BCUT2D eigenvalue weighted by atomic mass is 79.9. The molecule has 0 fully saturated rings. The van der Waals surface area contributed by atoms with Gasteiger partial charge in [-0.2, -0.15) is 5.26 Å². The van der Waals surface area contributed by atoms with Gasteiger partial charge in [-0.25, -0.2) is 0 Å². The molecule has 1 aromatic rings. The minimum Gasteiger partial charge on any atom is -0.323 e. The first kappa shape index (κ1) is 8.05. The van der Waals surface area contributed by atoms with E-state index in [0.29, 0.717) is 11.3 Å². The van der Waals surface area contributed by atoms with Crippen molar-refractivity contribution in [3.63, 3.8) is 0 Å². The Morgan fingerprint density at radius 3 is 2.82 bits per heavy atom. The van der Waals surface area contributed by atoms with E-state index in [0.717, 1.165) is 4.47 Å². The number of nitrogen functional groups attached to an aromatic ring is 1. The summed E-state index contributed by atoms with van der Waals surface area (Å²) in [6, 6.07) is 7.24. The van der Waals surface area contributed by atoms with E-state index in [9.17, 15) is 0 Å². The summed E-state index contributed by atoms with van der Waals surface area (Å²) < 4.78 is 0.893. The van der Waals surface area contributed by atoms with Gasteiger partial charge < -0.3 is 5.43 Å². The number of nitrogens with two attached hydrogens (primary N) is 1. The molecular formula is C7H6BrN3. The summed E-state index contributed by atoms with van der Waals surface area (Å²) in [5.74, 6) is 5.17. The maximum Gasteiger partial charge on any atom is 0.101 e. The Bertz CT molecular complexity index is 303. The fourth-order valence-electron chi connectivity index (χ4n) is 0.733. The molecule has 1 rings (SSSR count). The largest absolute Gasteiger partial charge is 0.323 e. The quantitative estimate of drug-likeness (QED) is 0.549. The van der Waals surface area contributed by atoms with E-state index < -0.39 is 0 Å². The van der Waals surface area contributed by atoms with Gasteiger partial charge in [0.2, 0.25) is 0 Å². The van der Waals surface area contributed by atoms with Crippen LogP contribution < -0.4 is 11.3 Å². The number of hydrogen-bond acceptors (Lipinski definition) is 3. The maximum atomic E-state index is 8.58. The van der Waals surface area contributed by atoms with Gasteiger partial charge >= 0.3 is 0 Å². The Kier molecular flexibility index (Phi) is 2.47. The standard InChI is InChI=1S/C7H6BrN3/c8-6-2-1-5(4-9)7(3-6)11-10/h1-3,11H,10H2. The van der Waals surface area contributed by atoms with Gasteiger partial charge in [0.15, 0.2) is 0 Å². The van der Waals surface area contributed by atoms with E-state index in [4.69, 9.17) is 11.1 Å². The topological polar surface area (TPSA) is 61.8 Å². The lowest BCUT2D eigenvalue weighted by molar-refractivity contribution is 1.33. The SMILES string of the molecule is N#Cc1ccc(Br)cc1NN. The van der Waals surface area contributed by atoms with E-state index in [-0.39, 0.29) is 0 Å². The number of halogens is 1. The predicted octanol–water partition coefficient (Wildman–Crippen LogP) is 1.61. The van der Waals surface area contributed by atoms with Crippen LogP contribution in [-0.4, -0.2) is 0 Å². The van der Waals surface area contributed by atoms with Gasteiger partial charge in [-0.3, -0.25) is 5.84 Å². The molecule has 0 aromatic heterocycles. The van der Waals surface area contributed by atoms with Gasteiger partial charge in [0, 0.05) is 4.47 Å². The molecule has 1 aromatic carbocycles. The Hall–Kier alpha value is -1.05. The monoisotopic (exact) mass is 211 g/mol. The van der Waals surface area contributed by atoms with Crippen molar-refractivity contribution in [3.8, 4) is 6.07 Å². The van der Waals surface area contributed by atoms with Crippen LogP contribution in [0.1, 0.15) is 5.56 Å². The number of benzene rings is 1. The van der Waals surface area contributed by atoms with Crippen LogP contribution in [0.15, 0.2) is 22.7 Å². The van der Waals surface area contributed by atoms with E-state index >= 15 is 0 Å². The number of hydrogen-bond donors (Lipinski definition) is 2. The Balaban J connectivity index is 3.19. The van der Waals surface area contributed by atoms with Crippen LogP contribution in [0.2, 0.25) is 0 Å². The number of nitrogens with zero attached hydrogens (tertiary/aromatic N) is 1. The van der Waals surface area contributed by atoms with Gasteiger partial charge in [-0.05, 0) is 18.2 Å². The molecule has 11 heavy (non-hydrogen) atoms. The van der Waals surface area contributed by atoms with Crippen LogP contribution in [0.3, 0.4) is 0 Å². The Morgan fingerprint density at radius 2 is 2.27 bits per heavy atom. The van der Waals surface area contributed by atoms with Crippen molar-refractivity contribution in [1.82, 2.24) is 0 Å². The molecule has 56 valence electrons. The third-order valence-corrected chi connectivity index (χ3v) is 1.75. The summed E-state index contributed by atoms with van der Waals surface area (Å²) in [7, 11) is 0. The molecule has 0 spiro atoms. The molecule has 0 heterocycles. The zero-order chi connectivity index (χ0) is 8.27. The van der Waals surface area contributed by atoms with Crippen molar-refractivity contribution < 1.29 is 0 Å². The summed E-state index contributed by atoms with van der Waals surface area (Å²) in [4.78, 5) is 0. The molecule has 0 aliphatic heterocycles. The van der Waals surface area contributed by atoms with Crippen LogP contribution in [0.25, 0.3) is 0 Å². The molecule has 0 aliphatic carbocycles. The van der Waals surface area contributed by atoms with Crippen LogP contribution in [0.5, 0.6) is 0 Å². The second-order valence-corrected chi connectivity index (χ2v) is 2.86. The van der Waals surface area contributed by atoms with Gasteiger partial charge in [0.25, 0.3) is 0 Å². The first-order chi connectivity index (χ1) is 5.27. The molecule has 0 atom stereocenters. The Labute approximate surface area is 72.9 Å². The molecule has 4 heteroatoms. The van der Waals surface area contributed by atoms with Crippen molar-refractivity contribution in [2.24, 2.45) is 5.84 Å². The van der Waals surface area contributed by atoms with Crippen molar-refractivity contribution in [2.45, 2.75) is 0 Å². The molecule has 0 bridgehead atoms. The zero-order valence-corrected chi connectivity index (χ0v) is 7.22. The fraction of sp³-hybridized carbons (Fsp3) is 0. The lowest BCUT2D eigenvalue weighted by atomic mass is 10.2. The van der Waals surface area contributed by atoms with Gasteiger partial charge in [-0.15, -0.1) is 0 Å². The Morgan fingerprint density at radius 1 is 1.55 bits per heavy atom. The second-order valence-electron chi connectivity index (χ2n) is 1.95. The summed E-state index contributed by atoms with van der Waals surface area (Å²) in [6.07, 6.45) is 0. The van der Waals surface area contributed by atoms with E-state index in [2.05, 4.69) is 21.4 Å². The highest BCUT2D eigenvalue weighted by molar-refractivity contribution is 9.10. The van der Waals surface area contributed by atoms with Crippen LogP contribution >= 0.6 is 15.9 Å². The lowest BCUT2D eigenvalue weighted by Gasteiger charge is -2.01. The summed E-state index contributed by atoms with van der Waals surface area (Å²) in [6.45, 7) is 0. The van der Waals surface area contributed by atoms with Crippen LogP contribution in [0, 0.1) is 11.3 Å². The molecule has 0 saturated heterocycles. The number of rotatable bonds is 1. The lowest BCUT2D eigenvalue weighted by Crippen LogP contribution is -2.08. The maximum absolute atomic E-state index is 8.58. The minimum absolute atomic E-state index is 0.538. The molecule has 0 radical (unpaired) electrons. The minimum atomic E-state index is 0.538. The molecule has 0 saturated carbocycles. The number of hydrazine groups is 1. The van der Waals surface area contributed by atoms with Crippen LogP contribution in [0.4, 0.5) is 5.69 Å². The second kappa shape index (κ2) is 3.37. The predicted molar refractivity (Wildman–Crippen MR) is 46.7 cm³/mol. The molecule has 0 amide bonds. The van der Waals surface area contributed by atoms with Crippen LogP contribution in [-0.2, 0) is 0 Å². The summed E-state index contributed by atoms with van der Waals surface area (Å²) in [5, 5.41) is 8.58. The van der Waals surface area contributed by atoms with Crippen molar-refractivity contribution in [1.29, 1.82) is 5.26 Å². The highest BCUT2D eigenvalue weighted by Crippen LogP contribution is 2.19. The molecular weight excluding hydrogens is 206 g/mol. The fourth-order valence-corrected chi connectivity index (χ4v) is 1.09.